The van der Waals surface area contributed by atoms with Crippen LogP contribution >= 0.6 is 15.9 Å². The molecule has 1 saturated carbocycles. The number of carboxylic acid groups (broad SMARTS) is 1. The van der Waals surface area contributed by atoms with E-state index in [2.05, 4.69) is 21.2 Å². The fraction of sp³-hybridized carbons (Fsp3) is 0.429. The van der Waals surface area contributed by atoms with Crippen LogP contribution in [0.5, 0.6) is 0 Å². The molecule has 2 N–H and O–H groups in total. The minimum Gasteiger partial charge on any atom is -0.481 e. The average Bonchev–Trinajstić information content (AvgIpc) is 2.81. The average molecular weight is 326 g/mol. The lowest BCUT2D eigenvalue weighted by molar-refractivity contribution is -0.141. The normalized spacial score (nSPS) is 22.2. The predicted octanol–water partition coefficient (Wildman–Crippen LogP) is 2.74. The van der Waals surface area contributed by atoms with Gasteiger partial charge in [-0.15, -0.1) is 0 Å². The van der Waals surface area contributed by atoms with Crippen LogP contribution in [0.2, 0.25) is 0 Å². The molecule has 19 heavy (non-hydrogen) atoms. The number of carbonyl (C=O) groups is 2. The monoisotopic (exact) mass is 325 g/mol. The zero-order valence-corrected chi connectivity index (χ0v) is 12.2. The summed E-state index contributed by atoms with van der Waals surface area (Å²) in [5.74, 6) is -1.23. The van der Waals surface area contributed by atoms with Crippen LogP contribution < -0.4 is 5.32 Å². The zero-order valence-electron chi connectivity index (χ0n) is 10.6. The van der Waals surface area contributed by atoms with Gasteiger partial charge in [0.05, 0.1) is 5.92 Å². The number of rotatable bonds is 3. The van der Waals surface area contributed by atoms with E-state index in [4.69, 9.17) is 5.11 Å². The van der Waals surface area contributed by atoms with Crippen molar-refractivity contribution in [2.75, 3.05) is 0 Å². The van der Waals surface area contributed by atoms with E-state index in [0.717, 1.165) is 16.5 Å². The summed E-state index contributed by atoms with van der Waals surface area (Å²) >= 11 is 3.40. The minimum atomic E-state index is -0.769. The van der Waals surface area contributed by atoms with Crippen LogP contribution in [0.3, 0.4) is 0 Å². The lowest BCUT2D eigenvalue weighted by Crippen LogP contribution is -2.33. The van der Waals surface area contributed by atoms with E-state index < -0.39 is 5.97 Å². The molecule has 1 aromatic carbocycles. The number of nitrogens with one attached hydrogen (secondary N) is 1. The van der Waals surface area contributed by atoms with Gasteiger partial charge in [-0.25, -0.2) is 0 Å². The Morgan fingerprint density at radius 3 is 2.68 bits per heavy atom. The maximum absolute atomic E-state index is 12.1. The van der Waals surface area contributed by atoms with Crippen molar-refractivity contribution in [1.82, 2.24) is 5.32 Å². The van der Waals surface area contributed by atoms with Crippen molar-refractivity contribution in [3.05, 3.63) is 33.8 Å². The summed E-state index contributed by atoms with van der Waals surface area (Å²) in [6, 6.07) is 5.41. The van der Waals surface area contributed by atoms with Crippen molar-refractivity contribution in [2.24, 2.45) is 5.92 Å². The van der Waals surface area contributed by atoms with Crippen molar-refractivity contribution >= 4 is 27.8 Å². The first-order valence-electron chi connectivity index (χ1n) is 6.27. The van der Waals surface area contributed by atoms with Crippen molar-refractivity contribution < 1.29 is 14.7 Å². The van der Waals surface area contributed by atoms with Gasteiger partial charge in [0.15, 0.2) is 0 Å². The Balaban J connectivity index is 1.98. The third-order valence-corrected chi connectivity index (χ3v) is 4.41. The molecule has 0 saturated heterocycles. The number of carbonyl (C=O) groups excluding carboxylic acids is 1. The van der Waals surface area contributed by atoms with Gasteiger partial charge in [0.1, 0.15) is 0 Å². The predicted molar refractivity (Wildman–Crippen MR) is 75.1 cm³/mol. The van der Waals surface area contributed by atoms with Crippen LogP contribution in [-0.2, 0) is 4.79 Å². The van der Waals surface area contributed by atoms with Gasteiger partial charge in [0.25, 0.3) is 5.91 Å². The highest BCUT2D eigenvalue weighted by molar-refractivity contribution is 9.10. The SMILES string of the molecule is Cc1ccc(C(=O)NC2CCC(C(=O)O)C2)cc1Br. The Kier molecular flexibility index (Phi) is 4.24. The fourth-order valence-electron chi connectivity index (χ4n) is 2.34. The standard InChI is InChI=1S/C14H16BrNO3/c1-8-2-3-9(7-12(8)15)13(17)16-11-5-4-10(6-11)14(18)19/h2-3,7,10-11H,4-6H2,1H3,(H,16,17)(H,18,19). The Hall–Kier alpha value is -1.36. The van der Waals surface area contributed by atoms with E-state index in [-0.39, 0.29) is 17.9 Å². The van der Waals surface area contributed by atoms with Gasteiger partial charge < -0.3 is 10.4 Å². The van der Waals surface area contributed by atoms with E-state index >= 15 is 0 Å². The number of amides is 1. The summed E-state index contributed by atoms with van der Waals surface area (Å²) in [4.78, 5) is 22.9. The van der Waals surface area contributed by atoms with Crippen molar-refractivity contribution in [1.29, 1.82) is 0 Å². The van der Waals surface area contributed by atoms with Crippen LogP contribution in [-0.4, -0.2) is 23.0 Å². The number of aliphatic carboxylic acids is 1. The molecule has 2 atom stereocenters. The highest BCUT2D eigenvalue weighted by Crippen LogP contribution is 2.26. The van der Waals surface area contributed by atoms with Gasteiger partial charge in [-0.1, -0.05) is 22.0 Å². The van der Waals surface area contributed by atoms with E-state index in [1.54, 1.807) is 12.1 Å². The van der Waals surface area contributed by atoms with Crippen LogP contribution in [0.25, 0.3) is 0 Å². The number of carboxylic acids is 1. The molecule has 0 bridgehead atoms. The lowest BCUT2D eigenvalue weighted by atomic mass is 10.1. The molecule has 0 heterocycles. The maximum atomic E-state index is 12.1. The third-order valence-electron chi connectivity index (χ3n) is 3.55. The number of benzene rings is 1. The Labute approximate surface area is 120 Å². The molecule has 1 aliphatic rings. The van der Waals surface area contributed by atoms with Crippen LogP contribution in [0.4, 0.5) is 0 Å². The molecule has 2 rings (SSSR count). The number of halogens is 1. The highest BCUT2D eigenvalue weighted by atomic mass is 79.9. The van der Waals surface area contributed by atoms with Crippen LogP contribution in [0, 0.1) is 12.8 Å². The zero-order chi connectivity index (χ0) is 14.0. The molecule has 1 amide bonds. The number of hydrogen-bond donors (Lipinski definition) is 2. The van der Waals surface area contributed by atoms with Gasteiger partial charge in [0, 0.05) is 16.1 Å². The Bertz CT molecular complexity index is 515. The highest BCUT2D eigenvalue weighted by Gasteiger charge is 2.30. The van der Waals surface area contributed by atoms with Crippen molar-refractivity contribution in [3.8, 4) is 0 Å². The van der Waals surface area contributed by atoms with Crippen LogP contribution in [0.15, 0.2) is 22.7 Å². The molecule has 0 spiro atoms. The molecule has 4 nitrogen and oxygen atoms in total. The minimum absolute atomic E-state index is 0.0336. The topological polar surface area (TPSA) is 66.4 Å². The smallest absolute Gasteiger partial charge is 0.306 e. The first-order valence-corrected chi connectivity index (χ1v) is 7.06. The maximum Gasteiger partial charge on any atom is 0.306 e. The summed E-state index contributed by atoms with van der Waals surface area (Å²) in [6.07, 6.45) is 1.89. The summed E-state index contributed by atoms with van der Waals surface area (Å²) in [7, 11) is 0. The van der Waals surface area contributed by atoms with E-state index in [0.29, 0.717) is 18.4 Å². The quantitative estimate of drug-likeness (QED) is 0.897. The summed E-state index contributed by atoms with van der Waals surface area (Å²) in [6.45, 7) is 1.96. The molecular weight excluding hydrogens is 310 g/mol. The molecular formula is C14H16BrNO3. The molecule has 0 aliphatic heterocycles. The van der Waals surface area contributed by atoms with Crippen molar-refractivity contribution in [2.45, 2.75) is 32.2 Å². The van der Waals surface area contributed by atoms with Gasteiger partial charge in [-0.3, -0.25) is 9.59 Å². The second-order valence-corrected chi connectivity index (χ2v) is 5.84. The molecule has 0 aromatic heterocycles. The first kappa shape index (κ1) is 14.1. The van der Waals surface area contributed by atoms with Gasteiger partial charge in [-0.2, -0.15) is 0 Å². The van der Waals surface area contributed by atoms with E-state index in [1.807, 2.05) is 13.0 Å². The van der Waals surface area contributed by atoms with E-state index in [1.165, 1.54) is 0 Å². The molecule has 1 aliphatic carbocycles. The summed E-state index contributed by atoms with van der Waals surface area (Å²) in [5, 5.41) is 11.8. The summed E-state index contributed by atoms with van der Waals surface area (Å²) in [5.41, 5.74) is 1.67. The Morgan fingerprint density at radius 1 is 1.37 bits per heavy atom. The van der Waals surface area contributed by atoms with E-state index in [9.17, 15) is 9.59 Å². The molecule has 5 heteroatoms. The van der Waals surface area contributed by atoms with Gasteiger partial charge in [0.2, 0.25) is 0 Å². The van der Waals surface area contributed by atoms with Crippen molar-refractivity contribution in [3.63, 3.8) is 0 Å². The van der Waals surface area contributed by atoms with Gasteiger partial charge in [-0.05, 0) is 43.9 Å². The molecule has 0 radical (unpaired) electrons. The lowest BCUT2D eigenvalue weighted by Gasteiger charge is -2.13. The Morgan fingerprint density at radius 2 is 2.11 bits per heavy atom. The fourth-order valence-corrected chi connectivity index (χ4v) is 2.72. The van der Waals surface area contributed by atoms with Gasteiger partial charge >= 0.3 is 5.97 Å². The second kappa shape index (κ2) is 5.74. The molecule has 1 aromatic rings. The largest absolute Gasteiger partial charge is 0.481 e. The first-order chi connectivity index (χ1) is 8.97. The number of hydrogen-bond acceptors (Lipinski definition) is 2. The summed E-state index contributed by atoms with van der Waals surface area (Å²) < 4.78 is 0.898. The second-order valence-electron chi connectivity index (χ2n) is 4.98. The number of aryl methyl sites for hydroxylation is 1. The molecule has 1 fully saturated rings. The van der Waals surface area contributed by atoms with Crippen LogP contribution in [0.1, 0.15) is 35.2 Å². The molecule has 2 unspecified atom stereocenters. The molecule has 102 valence electrons. The third kappa shape index (κ3) is 3.35.